The van der Waals surface area contributed by atoms with Crippen molar-refractivity contribution < 1.29 is 4.92 Å². The van der Waals surface area contributed by atoms with Gasteiger partial charge in [0.1, 0.15) is 0 Å². The van der Waals surface area contributed by atoms with Crippen LogP contribution in [0.5, 0.6) is 0 Å². The number of nitrogens with zero attached hydrogens (tertiary/aromatic N) is 2. The molecule has 2 N–H and O–H groups in total. The molecule has 0 fully saturated rings. The number of benzene rings is 1. The Hall–Kier alpha value is -1.14. The van der Waals surface area contributed by atoms with Crippen molar-refractivity contribution in [2.45, 2.75) is 20.8 Å². The van der Waals surface area contributed by atoms with Crippen molar-refractivity contribution in [2.24, 2.45) is 11.1 Å². The number of nitrogens with two attached hydrogens (primary N) is 1. The van der Waals surface area contributed by atoms with Crippen LogP contribution in [0.4, 0.5) is 11.4 Å². The number of rotatable bonds is 5. The third-order valence-corrected chi connectivity index (χ3v) is 3.73. The van der Waals surface area contributed by atoms with Crippen molar-refractivity contribution in [3.63, 3.8) is 0 Å². The fraction of sp³-hybridized carbons (Fsp3) is 0.538. The lowest BCUT2D eigenvalue weighted by Gasteiger charge is -2.31. The van der Waals surface area contributed by atoms with Crippen molar-refractivity contribution in [2.75, 3.05) is 25.0 Å². The molecule has 0 spiro atoms. The molecule has 5 nitrogen and oxygen atoms in total. The average Bonchev–Trinajstić information content (AvgIpc) is 2.30. The summed E-state index contributed by atoms with van der Waals surface area (Å²) in [6, 6.07) is 3.38. The largest absolute Gasteiger partial charge is 0.373 e. The van der Waals surface area contributed by atoms with E-state index in [1.54, 1.807) is 13.0 Å². The molecule has 6 heteroatoms. The van der Waals surface area contributed by atoms with Crippen LogP contribution >= 0.6 is 15.9 Å². The molecule has 0 heterocycles. The van der Waals surface area contributed by atoms with Crippen molar-refractivity contribution in [1.82, 2.24) is 0 Å². The first kappa shape index (κ1) is 15.9. The summed E-state index contributed by atoms with van der Waals surface area (Å²) in [5.74, 6) is 0. The molecule has 0 saturated heterocycles. The van der Waals surface area contributed by atoms with Gasteiger partial charge < -0.3 is 10.6 Å². The van der Waals surface area contributed by atoms with Gasteiger partial charge in [-0.2, -0.15) is 0 Å². The minimum Gasteiger partial charge on any atom is -0.373 e. The Kier molecular flexibility index (Phi) is 4.92. The quantitative estimate of drug-likeness (QED) is 0.665. The zero-order chi connectivity index (χ0) is 14.8. The maximum absolute atomic E-state index is 10.9. The summed E-state index contributed by atoms with van der Waals surface area (Å²) < 4.78 is 0.722. The third-order valence-electron chi connectivity index (χ3n) is 3.09. The number of hydrogen-bond acceptors (Lipinski definition) is 4. The van der Waals surface area contributed by atoms with E-state index in [-0.39, 0.29) is 16.0 Å². The number of nitro benzene ring substituents is 1. The Morgan fingerprint density at radius 3 is 2.53 bits per heavy atom. The molecule has 106 valence electrons. The van der Waals surface area contributed by atoms with Gasteiger partial charge in [-0.3, -0.25) is 10.1 Å². The molecule has 1 aromatic carbocycles. The van der Waals surface area contributed by atoms with Gasteiger partial charge in [0, 0.05) is 29.7 Å². The number of aryl methyl sites for hydroxylation is 1. The normalized spacial score (nSPS) is 11.5. The smallest absolute Gasteiger partial charge is 0.273 e. The number of anilines is 1. The molecule has 0 aliphatic heterocycles. The van der Waals surface area contributed by atoms with E-state index in [4.69, 9.17) is 5.73 Å². The van der Waals surface area contributed by atoms with Crippen LogP contribution in [0, 0.1) is 22.5 Å². The molecule has 0 amide bonds. The summed E-state index contributed by atoms with van der Waals surface area (Å²) in [5.41, 5.74) is 7.44. The molecule has 0 aromatic heterocycles. The highest BCUT2D eigenvalue weighted by molar-refractivity contribution is 9.10. The van der Waals surface area contributed by atoms with E-state index in [1.807, 2.05) is 13.1 Å². The predicted octanol–water partition coefficient (Wildman–Crippen LogP) is 3.09. The van der Waals surface area contributed by atoms with Crippen LogP contribution in [0.1, 0.15) is 19.4 Å². The maximum Gasteiger partial charge on any atom is 0.273 e. The van der Waals surface area contributed by atoms with Crippen molar-refractivity contribution in [3.8, 4) is 0 Å². The molecular formula is C13H20BrN3O2. The fourth-order valence-corrected chi connectivity index (χ4v) is 2.57. The molecule has 0 aliphatic carbocycles. The van der Waals surface area contributed by atoms with Crippen molar-refractivity contribution in [3.05, 3.63) is 32.3 Å². The van der Waals surface area contributed by atoms with Crippen LogP contribution in [-0.4, -0.2) is 25.1 Å². The predicted molar refractivity (Wildman–Crippen MR) is 81.6 cm³/mol. The molecule has 1 aromatic rings. The lowest BCUT2D eigenvalue weighted by atomic mass is 9.93. The first-order valence-corrected chi connectivity index (χ1v) is 6.83. The molecule has 19 heavy (non-hydrogen) atoms. The van der Waals surface area contributed by atoms with E-state index < -0.39 is 0 Å². The molecule has 0 aliphatic rings. The third kappa shape index (κ3) is 3.91. The van der Waals surface area contributed by atoms with Crippen LogP contribution in [0.25, 0.3) is 0 Å². The van der Waals surface area contributed by atoms with Crippen molar-refractivity contribution >= 4 is 27.3 Å². The lowest BCUT2D eigenvalue weighted by Crippen LogP contribution is -2.36. The van der Waals surface area contributed by atoms with Gasteiger partial charge in [-0.05, 0) is 40.9 Å². The van der Waals surface area contributed by atoms with Crippen LogP contribution in [-0.2, 0) is 0 Å². The number of hydrogen-bond donors (Lipinski definition) is 1. The van der Waals surface area contributed by atoms with Crippen molar-refractivity contribution in [1.29, 1.82) is 0 Å². The maximum atomic E-state index is 10.9. The summed E-state index contributed by atoms with van der Waals surface area (Å²) in [4.78, 5) is 12.6. The highest BCUT2D eigenvalue weighted by Crippen LogP contribution is 2.33. The van der Waals surface area contributed by atoms with E-state index in [1.165, 1.54) is 0 Å². The molecule has 0 radical (unpaired) electrons. The van der Waals surface area contributed by atoms with Gasteiger partial charge in [-0.1, -0.05) is 13.8 Å². The van der Waals surface area contributed by atoms with Gasteiger partial charge in [0.25, 0.3) is 5.69 Å². The summed E-state index contributed by atoms with van der Waals surface area (Å²) in [7, 11) is 1.96. The molecule has 0 unspecified atom stereocenters. The molecule has 0 bridgehead atoms. The first-order valence-electron chi connectivity index (χ1n) is 6.03. The van der Waals surface area contributed by atoms with E-state index in [0.717, 1.165) is 16.7 Å². The Morgan fingerprint density at radius 2 is 2.05 bits per heavy atom. The molecule has 0 atom stereocenters. The number of halogens is 1. The first-order chi connectivity index (χ1) is 8.68. The monoisotopic (exact) mass is 329 g/mol. The summed E-state index contributed by atoms with van der Waals surface area (Å²) in [6.07, 6.45) is 0. The zero-order valence-electron chi connectivity index (χ0n) is 11.7. The minimum atomic E-state index is -0.367. The topological polar surface area (TPSA) is 72.4 Å². The Morgan fingerprint density at radius 1 is 1.47 bits per heavy atom. The molecule has 0 saturated carbocycles. The highest BCUT2D eigenvalue weighted by Gasteiger charge is 2.21. The van der Waals surface area contributed by atoms with Crippen LogP contribution in [0.15, 0.2) is 16.6 Å². The zero-order valence-corrected chi connectivity index (χ0v) is 13.3. The average molecular weight is 330 g/mol. The fourth-order valence-electron chi connectivity index (χ4n) is 1.94. The summed E-state index contributed by atoms with van der Waals surface area (Å²) >= 11 is 3.40. The van der Waals surface area contributed by atoms with E-state index in [2.05, 4.69) is 34.7 Å². The van der Waals surface area contributed by atoms with Gasteiger partial charge in [0.2, 0.25) is 0 Å². The Bertz CT molecular complexity index is 489. The SMILES string of the molecule is Cc1cc(N(C)CC(C)(C)CN)c(Br)cc1[N+](=O)[O-]. The lowest BCUT2D eigenvalue weighted by molar-refractivity contribution is -0.385. The Labute approximate surface area is 122 Å². The number of nitro groups is 1. The Balaban J connectivity index is 3.08. The van der Waals surface area contributed by atoms with Gasteiger partial charge >= 0.3 is 0 Å². The van der Waals surface area contributed by atoms with E-state index >= 15 is 0 Å². The van der Waals surface area contributed by atoms with Gasteiger partial charge in [0.05, 0.1) is 10.6 Å². The van der Waals surface area contributed by atoms with E-state index in [9.17, 15) is 10.1 Å². The minimum absolute atomic E-state index is 0.0100. The second-order valence-electron chi connectivity index (χ2n) is 5.57. The van der Waals surface area contributed by atoms with Crippen LogP contribution in [0.3, 0.4) is 0 Å². The van der Waals surface area contributed by atoms with Crippen LogP contribution in [0.2, 0.25) is 0 Å². The molecule has 1 rings (SSSR count). The van der Waals surface area contributed by atoms with Gasteiger partial charge in [-0.25, -0.2) is 0 Å². The second kappa shape index (κ2) is 5.88. The standard InChI is InChI=1S/C13H20BrN3O2/c1-9-5-12(10(14)6-11(9)17(18)19)16(4)8-13(2,3)7-15/h5-6H,7-8,15H2,1-4H3. The van der Waals surface area contributed by atoms with Gasteiger partial charge in [-0.15, -0.1) is 0 Å². The molecular weight excluding hydrogens is 310 g/mol. The van der Waals surface area contributed by atoms with Crippen LogP contribution < -0.4 is 10.6 Å². The highest BCUT2D eigenvalue weighted by atomic mass is 79.9. The van der Waals surface area contributed by atoms with E-state index in [0.29, 0.717) is 12.1 Å². The summed E-state index contributed by atoms with van der Waals surface area (Å²) in [6.45, 7) is 7.29. The second-order valence-corrected chi connectivity index (χ2v) is 6.43. The summed E-state index contributed by atoms with van der Waals surface area (Å²) in [5, 5.41) is 10.9. The van der Waals surface area contributed by atoms with Gasteiger partial charge in [0.15, 0.2) is 0 Å².